The third-order valence-corrected chi connectivity index (χ3v) is 3.02. The predicted octanol–water partition coefficient (Wildman–Crippen LogP) is 3.34. The molecule has 0 aromatic heterocycles. The molecule has 0 bridgehead atoms. The molecular weight excluding hydrogens is 231 g/mol. The summed E-state index contributed by atoms with van der Waals surface area (Å²) in [6.07, 6.45) is -3.19. The zero-order chi connectivity index (χ0) is 9.07. The van der Waals surface area contributed by atoms with Crippen LogP contribution in [0.5, 0.6) is 0 Å². The Bertz CT molecular complexity index is 144. The third kappa shape index (κ3) is 7.01. The molecule has 0 aliphatic carbocycles. The lowest BCUT2D eigenvalue weighted by atomic mass is 10.5. The van der Waals surface area contributed by atoms with Crippen LogP contribution in [0.1, 0.15) is 27.7 Å². The van der Waals surface area contributed by atoms with Crippen molar-refractivity contribution < 1.29 is 13.6 Å². The summed E-state index contributed by atoms with van der Waals surface area (Å²) in [4.78, 5) is 0. The molecule has 5 heteroatoms. The van der Waals surface area contributed by atoms with Crippen molar-refractivity contribution in [3.05, 3.63) is 0 Å². The zero-order valence-corrected chi connectivity index (χ0v) is 9.69. The van der Waals surface area contributed by atoms with Crippen molar-refractivity contribution in [1.82, 2.24) is 0 Å². The number of rotatable bonds is 4. The maximum atomic E-state index is 11.3. The average molecular weight is 245 g/mol. The van der Waals surface area contributed by atoms with Gasteiger partial charge in [0.1, 0.15) is 0 Å². The Hall–Kier alpha value is 0.630. The molecule has 0 atom stereocenters. The summed E-state index contributed by atoms with van der Waals surface area (Å²) in [5.74, 6) is 0. The highest BCUT2D eigenvalue weighted by Crippen LogP contribution is 2.57. The highest BCUT2D eigenvalue weighted by molar-refractivity contribution is 9.39. The summed E-state index contributed by atoms with van der Waals surface area (Å²) >= 11 is 2.89. The molecule has 0 rings (SSSR count). The van der Waals surface area contributed by atoms with Crippen LogP contribution >= 0.6 is 21.8 Å². The molecule has 0 heterocycles. The first-order chi connectivity index (χ1) is 4.83. The largest absolute Gasteiger partial charge is 0.396 e. The lowest BCUT2D eigenvalue weighted by molar-refractivity contribution is 0.157. The maximum absolute atomic E-state index is 11.3. The van der Waals surface area contributed by atoms with Gasteiger partial charge in [-0.1, -0.05) is 0 Å². The topological polar surface area (TPSA) is 35.5 Å². The van der Waals surface area contributed by atoms with Crippen molar-refractivity contribution in [2.45, 2.75) is 39.9 Å². The first-order valence-electron chi connectivity index (χ1n) is 3.50. The van der Waals surface area contributed by atoms with Crippen molar-refractivity contribution >= 4 is 21.8 Å². The number of hydrogen-bond donors (Lipinski definition) is 0. The maximum Gasteiger partial charge on any atom is 0.396 e. The van der Waals surface area contributed by atoms with Crippen LogP contribution in [0.2, 0.25) is 0 Å². The molecule has 0 unspecified atom stereocenters. The van der Waals surface area contributed by atoms with Crippen LogP contribution in [0.25, 0.3) is 0 Å². The number of halogens is 1. The molecule has 0 spiro atoms. The molecule has 11 heavy (non-hydrogen) atoms. The van der Waals surface area contributed by atoms with Crippen LogP contribution in [-0.4, -0.2) is 12.2 Å². The van der Waals surface area contributed by atoms with Gasteiger partial charge in [-0.05, 0) is 27.7 Å². The molecule has 0 saturated carbocycles. The van der Waals surface area contributed by atoms with Crippen LogP contribution in [0.15, 0.2) is 0 Å². The highest BCUT2D eigenvalue weighted by Gasteiger charge is 2.22. The van der Waals surface area contributed by atoms with Crippen molar-refractivity contribution in [3.63, 3.8) is 0 Å². The SMILES string of the molecule is CC(C)OP(=O)(Br)OC(C)C. The van der Waals surface area contributed by atoms with Gasteiger partial charge in [0.2, 0.25) is 0 Å². The van der Waals surface area contributed by atoms with Gasteiger partial charge in [-0.15, -0.1) is 0 Å². The summed E-state index contributed by atoms with van der Waals surface area (Å²) in [6, 6.07) is 0. The summed E-state index contributed by atoms with van der Waals surface area (Å²) in [5.41, 5.74) is 0. The van der Waals surface area contributed by atoms with Crippen LogP contribution in [0, 0.1) is 0 Å². The lowest BCUT2D eigenvalue weighted by Gasteiger charge is -2.16. The van der Waals surface area contributed by atoms with E-state index in [1.165, 1.54) is 0 Å². The Morgan fingerprint density at radius 1 is 1.09 bits per heavy atom. The van der Waals surface area contributed by atoms with Crippen LogP contribution < -0.4 is 0 Å². The van der Waals surface area contributed by atoms with Crippen LogP contribution in [-0.2, 0) is 13.6 Å². The zero-order valence-electron chi connectivity index (χ0n) is 7.20. The van der Waals surface area contributed by atoms with E-state index in [9.17, 15) is 4.57 Å². The molecule has 0 aromatic rings. The molecule has 0 N–H and O–H groups in total. The van der Waals surface area contributed by atoms with Gasteiger partial charge in [-0.2, -0.15) is 0 Å². The van der Waals surface area contributed by atoms with Gasteiger partial charge in [0.25, 0.3) is 0 Å². The van der Waals surface area contributed by atoms with E-state index in [-0.39, 0.29) is 12.2 Å². The van der Waals surface area contributed by atoms with E-state index in [0.29, 0.717) is 0 Å². The Balaban J connectivity index is 3.91. The minimum absolute atomic E-state index is 0.0982. The van der Waals surface area contributed by atoms with Crippen LogP contribution in [0.4, 0.5) is 0 Å². The van der Waals surface area contributed by atoms with E-state index in [1.54, 1.807) is 27.7 Å². The number of hydrogen-bond acceptors (Lipinski definition) is 3. The summed E-state index contributed by atoms with van der Waals surface area (Å²) in [7, 11) is 0. The summed E-state index contributed by atoms with van der Waals surface area (Å²) in [6.45, 7) is 7.21. The van der Waals surface area contributed by atoms with Gasteiger partial charge in [0, 0.05) is 15.5 Å². The van der Waals surface area contributed by atoms with Gasteiger partial charge in [0.05, 0.1) is 12.2 Å². The molecular formula is C6H14BrO3P. The molecule has 3 nitrogen and oxygen atoms in total. The molecule has 0 saturated heterocycles. The van der Waals surface area contributed by atoms with Crippen molar-refractivity contribution in [1.29, 1.82) is 0 Å². The van der Waals surface area contributed by atoms with E-state index in [2.05, 4.69) is 15.5 Å². The molecule has 0 aromatic carbocycles. The Morgan fingerprint density at radius 3 is 1.55 bits per heavy atom. The molecule has 0 amide bonds. The van der Waals surface area contributed by atoms with Gasteiger partial charge in [0.15, 0.2) is 0 Å². The fourth-order valence-electron chi connectivity index (χ4n) is 0.528. The lowest BCUT2D eigenvalue weighted by Crippen LogP contribution is -2.03. The van der Waals surface area contributed by atoms with Gasteiger partial charge < -0.3 is 0 Å². The van der Waals surface area contributed by atoms with E-state index in [0.717, 1.165) is 0 Å². The van der Waals surface area contributed by atoms with E-state index in [1.807, 2.05) is 0 Å². The highest BCUT2D eigenvalue weighted by atomic mass is 79.9. The molecule has 0 aliphatic rings. The molecule has 0 radical (unpaired) electrons. The summed E-state index contributed by atoms with van der Waals surface area (Å²) < 4.78 is 21.3. The van der Waals surface area contributed by atoms with Crippen molar-refractivity contribution in [2.75, 3.05) is 0 Å². The first-order valence-corrected chi connectivity index (χ1v) is 7.06. The molecule has 0 fully saturated rings. The fourth-order valence-corrected chi connectivity index (χ4v) is 3.59. The second-order valence-electron chi connectivity index (χ2n) is 2.74. The van der Waals surface area contributed by atoms with Crippen molar-refractivity contribution in [3.8, 4) is 0 Å². The quantitative estimate of drug-likeness (QED) is 0.712. The Morgan fingerprint density at radius 2 is 1.36 bits per heavy atom. The van der Waals surface area contributed by atoms with E-state index in [4.69, 9.17) is 9.05 Å². The van der Waals surface area contributed by atoms with Crippen LogP contribution in [0.3, 0.4) is 0 Å². The molecule has 68 valence electrons. The Labute approximate surface area is 75.7 Å². The second kappa shape index (κ2) is 4.61. The minimum atomic E-state index is -2.99. The summed E-state index contributed by atoms with van der Waals surface area (Å²) in [5, 5.41) is 0. The first kappa shape index (κ1) is 11.6. The van der Waals surface area contributed by atoms with E-state index >= 15 is 0 Å². The van der Waals surface area contributed by atoms with Gasteiger partial charge >= 0.3 is 6.30 Å². The Kier molecular flexibility index (Phi) is 4.87. The third-order valence-electron chi connectivity index (χ3n) is 0.673. The smallest absolute Gasteiger partial charge is 0.298 e. The monoisotopic (exact) mass is 244 g/mol. The molecule has 0 aliphatic heterocycles. The minimum Gasteiger partial charge on any atom is -0.298 e. The standard InChI is InChI=1S/C6H14BrO3P/c1-5(2)9-11(7,8)10-6(3)4/h5-6H,1-4H3. The normalized spacial score (nSPS) is 13.0. The average Bonchev–Trinajstić information content (AvgIpc) is 1.53. The van der Waals surface area contributed by atoms with Gasteiger partial charge in [-0.3, -0.25) is 9.05 Å². The van der Waals surface area contributed by atoms with Gasteiger partial charge in [-0.25, -0.2) is 4.57 Å². The fraction of sp³-hybridized carbons (Fsp3) is 1.00. The van der Waals surface area contributed by atoms with E-state index < -0.39 is 6.30 Å². The second-order valence-corrected chi connectivity index (χ2v) is 6.63. The predicted molar refractivity (Wildman–Crippen MR) is 49.0 cm³/mol. The van der Waals surface area contributed by atoms with Crippen molar-refractivity contribution in [2.24, 2.45) is 0 Å².